The Morgan fingerprint density at radius 1 is 0.379 bits per heavy atom. The molecule has 3 nitrogen and oxygen atoms in total. The number of benzene rings is 7. The Hall–Kier alpha value is -7.36. The van der Waals surface area contributed by atoms with E-state index in [1.807, 2.05) is 73.2 Å². The van der Waals surface area contributed by atoms with Gasteiger partial charge < -0.3 is 15.0 Å². The molecule has 3 aromatic heterocycles. The Morgan fingerprint density at radius 2 is 0.924 bits per heavy atom. The molecule has 0 aliphatic carbocycles. The van der Waals surface area contributed by atoms with Crippen molar-refractivity contribution in [2.45, 2.75) is 32.5 Å². The Bertz CT molecular complexity index is 3160. The molecule has 10 rings (SSSR count). The van der Waals surface area contributed by atoms with Crippen molar-refractivity contribution in [3.63, 3.8) is 0 Å². The normalized spacial score (nSPS) is 11.8. The molecule has 66 heavy (non-hydrogen) atoms. The van der Waals surface area contributed by atoms with E-state index in [9.17, 15) is 0 Å². The molecule has 7 aromatic carbocycles. The summed E-state index contributed by atoms with van der Waals surface area (Å²) >= 11 is 0. The van der Waals surface area contributed by atoms with E-state index in [1.54, 1.807) is 18.2 Å². The first kappa shape index (κ1) is 40.2. The molecule has 0 spiro atoms. The predicted molar refractivity (Wildman–Crippen MR) is 267 cm³/mol. The molecule has 0 N–H and O–H groups in total. The fourth-order valence-electron chi connectivity index (χ4n) is 8.44. The summed E-state index contributed by atoms with van der Waals surface area (Å²) in [7, 11) is 0. The Morgan fingerprint density at radius 3 is 1.48 bits per heavy atom. The van der Waals surface area contributed by atoms with Crippen LogP contribution in [0.2, 0.25) is 0 Å². The number of aromatic nitrogens is 3. The Balaban J connectivity index is 0.00000593. The van der Waals surface area contributed by atoms with Crippen LogP contribution in [0.3, 0.4) is 0 Å². The summed E-state index contributed by atoms with van der Waals surface area (Å²) in [5.74, 6) is 0. The summed E-state index contributed by atoms with van der Waals surface area (Å²) < 4.78 is 23.7. The van der Waals surface area contributed by atoms with Gasteiger partial charge in [-0.2, -0.15) is 0 Å². The summed E-state index contributed by atoms with van der Waals surface area (Å²) in [5.41, 5.74) is 19.0. The number of rotatable bonds is 13. The van der Waals surface area contributed by atoms with Crippen LogP contribution >= 0.6 is 0 Å². The fourth-order valence-corrected chi connectivity index (χ4v) is 8.44. The van der Waals surface area contributed by atoms with Gasteiger partial charge in [0.15, 0.2) is 0 Å². The number of aryl methyl sites for hydroxylation is 5. The van der Waals surface area contributed by atoms with Gasteiger partial charge in [-0.3, -0.25) is 0 Å². The molecule has 0 aliphatic rings. The molecule has 10 aromatic rings. The van der Waals surface area contributed by atoms with E-state index in [0.717, 1.165) is 98.3 Å². The molecule has 4 heteroatoms. The van der Waals surface area contributed by atoms with Gasteiger partial charge in [-0.15, -0.1) is 107 Å². The average molecular weight is 1030 g/mol. The first-order valence-electron chi connectivity index (χ1n) is 23.6. The topological polar surface area (TPSA) is 38.7 Å². The third-order valence-electron chi connectivity index (χ3n) is 11.9. The Labute approximate surface area is 406 Å². The minimum atomic E-state index is -2.21. The zero-order chi connectivity index (χ0) is 46.3. The molecule has 0 radical (unpaired) electrons. The summed E-state index contributed by atoms with van der Waals surface area (Å²) in [5, 5.41) is 0. The second-order valence-electron chi connectivity index (χ2n) is 16.3. The monoisotopic (exact) mass is 1030 g/mol. The van der Waals surface area contributed by atoms with E-state index in [4.69, 9.17) is 19.1 Å². The molecule has 0 aliphatic heterocycles. The molecule has 0 bridgehead atoms. The van der Waals surface area contributed by atoms with Crippen molar-refractivity contribution >= 4 is 0 Å². The molecule has 0 saturated heterocycles. The van der Waals surface area contributed by atoms with Crippen LogP contribution in [0.5, 0.6) is 0 Å². The van der Waals surface area contributed by atoms with Crippen LogP contribution in [-0.2, 0) is 45.8 Å². The van der Waals surface area contributed by atoms with Crippen LogP contribution < -0.4 is 0 Å². The molecule has 0 amide bonds. The quantitative estimate of drug-likeness (QED) is 0.108. The zero-order valence-corrected chi connectivity index (χ0v) is 38.6. The predicted octanol–water partition coefficient (Wildman–Crippen LogP) is 14.8. The van der Waals surface area contributed by atoms with E-state index in [-0.39, 0.29) is 25.7 Å². The van der Waals surface area contributed by atoms with Gasteiger partial charge in [-0.25, -0.2) is 0 Å². The van der Waals surface area contributed by atoms with Crippen molar-refractivity contribution in [3.05, 3.63) is 259 Å². The van der Waals surface area contributed by atoms with Crippen molar-refractivity contribution in [1.29, 1.82) is 0 Å². The molecule has 3 heterocycles. The van der Waals surface area contributed by atoms with Gasteiger partial charge >= 0.3 is 20.1 Å². The summed E-state index contributed by atoms with van der Waals surface area (Å²) in [6.45, 7) is -2.21. The van der Waals surface area contributed by atoms with Gasteiger partial charge in [0.25, 0.3) is 0 Å². The molecular weight excluding hydrogens is 979 g/mol. The van der Waals surface area contributed by atoms with Gasteiger partial charge in [-0.1, -0.05) is 134 Å². The van der Waals surface area contributed by atoms with Gasteiger partial charge in [-0.05, 0) is 104 Å². The van der Waals surface area contributed by atoms with Gasteiger partial charge in [0.2, 0.25) is 0 Å². The van der Waals surface area contributed by atoms with Crippen LogP contribution in [0.25, 0.3) is 78.3 Å². The van der Waals surface area contributed by atoms with Crippen LogP contribution in [0.1, 0.15) is 31.9 Å². The molecular formula is C62H46IrN3. The van der Waals surface area contributed by atoms with Crippen LogP contribution in [0.4, 0.5) is 0 Å². The van der Waals surface area contributed by atoms with Crippen molar-refractivity contribution in [2.24, 2.45) is 0 Å². The second kappa shape index (κ2) is 20.6. The molecule has 0 unspecified atom stereocenters. The molecule has 0 saturated carbocycles. The summed E-state index contributed by atoms with van der Waals surface area (Å²) in [4.78, 5) is 14.6. The summed E-state index contributed by atoms with van der Waals surface area (Å²) in [6, 6.07) is 76.0. The van der Waals surface area contributed by atoms with E-state index in [2.05, 4.69) is 140 Å². The zero-order valence-electron chi connectivity index (χ0n) is 39.2. The van der Waals surface area contributed by atoms with Crippen LogP contribution in [0.15, 0.2) is 213 Å². The maximum absolute atomic E-state index is 7.90. The van der Waals surface area contributed by atoms with Crippen LogP contribution in [-0.4, -0.2) is 15.0 Å². The standard InChI is InChI=1S/C62H46N3.Ir/c1-44-21-29-54(30-22-44)62-40-58(51-33-31-50(32-34-51)49-13-5-2-6-14-49)59(43-65-62)57-20-12-11-19-56(57)55-38-47(25-23-45-27-35-60(63-41-45)52-15-7-3-8-16-52)37-48(39-55)26-24-46-28-36-61(64-42-46)53-17-9-4-10-18-53;/h2-15,17,19-22,27-29,31-43H,23-26H2,1H3;/q-3;+3/i1D3;. The first-order chi connectivity index (χ1) is 33.3. The largest absolute Gasteiger partial charge is 3.00 e. The Kier molecular flexibility index (Phi) is 12.6. The van der Waals surface area contributed by atoms with Crippen molar-refractivity contribution < 1.29 is 24.2 Å². The SMILES string of the molecule is [2H]C([2H])([2H])c1c[c-]c(-c2cc(-c3ccc(-c4ccccc4)cc3)c(-c3ccccc3-c3cc(CCc4ccc(-c5[c-]cccc5)nc4)cc(CCc4ccc(-c5[c-]cccc5)nc4)c3)cn2)cc1.[Ir+3]. The second-order valence-corrected chi connectivity index (χ2v) is 16.3. The molecule has 0 atom stereocenters. The third-order valence-corrected chi connectivity index (χ3v) is 11.9. The smallest absolute Gasteiger partial charge is 0.304 e. The van der Waals surface area contributed by atoms with Crippen molar-refractivity contribution in [1.82, 2.24) is 15.0 Å². The van der Waals surface area contributed by atoms with Crippen LogP contribution in [0, 0.1) is 25.1 Å². The van der Waals surface area contributed by atoms with E-state index < -0.39 is 6.85 Å². The molecule has 318 valence electrons. The van der Waals surface area contributed by atoms with Crippen molar-refractivity contribution in [3.8, 4) is 78.3 Å². The number of nitrogens with zero attached hydrogens (tertiary/aromatic N) is 3. The molecule has 0 fully saturated rings. The fraction of sp³-hybridized carbons (Fsp3) is 0.0806. The van der Waals surface area contributed by atoms with Crippen molar-refractivity contribution in [2.75, 3.05) is 0 Å². The number of hydrogen-bond donors (Lipinski definition) is 0. The van der Waals surface area contributed by atoms with E-state index in [0.29, 0.717) is 5.69 Å². The minimum absolute atomic E-state index is 0. The van der Waals surface area contributed by atoms with Gasteiger partial charge in [0.05, 0.1) is 0 Å². The van der Waals surface area contributed by atoms with E-state index in [1.165, 1.54) is 22.3 Å². The van der Waals surface area contributed by atoms with Gasteiger partial charge in [0.1, 0.15) is 0 Å². The maximum atomic E-state index is 7.90. The summed E-state index contributed by atoms with van der Waals surface area (Å²) in [6.07, 6.45) is 9.32. The minimum Gasteiger partial charge on any atom is -0.304 e. The number of pyridine rings is 3. The number of hydrogen-bond acceptors (Lipinski definition) is 3. The van der Waals surface area contributed by atoms with Gasteiger partial charge in [0, 0.05) is 28.3 Å². The maximum Gasteiger partial charge on any atom is 3.00 e. The third kappa shape index (κ3) is 10.3. The first-order valence-corrected chi connectivity index (χ1v) is 22.1. The van der Waals surface area contributed by atoms with E-state index >= 15 is 0 Å². The average Bonchev–Trinajstić information content (AvgIpc) is 3.40.